The smallest absolute Gasteiger partial charge is 0.0612 e. The van der Waals surface area contributed by atoms with Gasteiger partial charge in [-0.15, -0.1) is 0 Å². The first kappa shape index (κ1) is 15.1. The maximum absolute atomic E-state index is 6.36. The molecule has 19 heavy (non-hydrogen) atoms. The molecule has 2 aliphatic rings. The molecule has 1 fully saturated rings. The summed E-state index contributed by atoms with van der Waals surface area (Å²) in [5, 5.41) is 0. The molecule has 1 heteroatoms. The third kappa shape index (κ3) is 2.51. The fourth-order valence-corrected chi connectivity index (χ4v) is 4.70. The first-order chi connectivity index (χ1) is 9.06. The topological polar surface area (TPSA) is 9.23 Å². The average Bonchev–Trinajstić information content (AvgIpc) is 2.38. The molecule has 0 saturated carbocycles. The predicted octanol–water partition coefficient (Wildman–Crippen LogP) is 5.21. The predicted molar refractivity (Wildman–Crippen MR) is 82.2 cm³/mol. The van der Waals surface area contributed by atoms with Crippen molar-refractivity contribution in [2.75, 3.05) is 6.61 Å². The van der Waals surface area contributed by atoms with Gasteiger partial charge in [-0.1, -0.05) is 58.6 Å². The summed E-state index contributed by atoms with van der Waals surface area (Å²) in [6, 6.07) is 0. The molecule has 1 aliphatic carbocycles. The first-order valence-electron chi connectivity index (χ1n) is 8.37. The van der Waals surface area contributed by atoms with Gasteiger partial charge >= 0.3 is 0 Å². The van der Waals surface area contributed by atoms with E-state index in [1.807, 2.05) is 0 Å². The highest BCUT2D eigenvalue weighted by atomic mass is 16.5. The molecule has 0 spiro atoms. The van der Waals surface area contributed by atoms with Crippen LogP contribution in [-0.2, 0) is 4.74 Å². The van der Waals surface area contributed by atoms with Crippen LogP contribution in [-0.4, -0.2) is 12.7 Å². The van der Waals surface area contributed by atoms with Gasteiger partial charge < -0.3 is 4.74 Å². The summed E-state index contributed by atoms with van der Waals surface area (Å²) in [6.45, 7) is 12.8. The summed E-state index contributed by atoms with van der Waals surface area (Å²) < 4.78 is 6.36. The van der Waals surface area contributed by atoms with Gasteiger partial charge in [0.2, 0.25) is 0 Å². The Labute approximate surface area is 119 Å². The van der Waals surface area contributed by atoms with Gasteiger partial charge in [0, 0.05) is 5.41 Å². The zero-order valence-corrected chi connectivity index (χ0v) is 13.5. The quantitative estimate of drug-likeness (QED) is 0.489. The lowest BCUT2D eigenvalue weighted by Crippen LogP contribution is -2.53. The van der Waals surface area contributed by atoms with Gasteiger partial charge in [0.1, 0.15) is 0 Å². The number of hydrogen-bond donors (Lipinski definition) is 0. The summed E-state index contributed by atoms with van der Waals surface area (Å²) in [5.41, 5.74) is 1.91. The van der Waals surface area contributed by atoms with Crippen LogP contribution < -0.4 is 0 Å². The van der Waals surface area contributed by atoms with Crippen LogP contribution in [0, 0.1) is 23.2 Å². The molecule has 5 atom stereocenters. The zero-order valence-electron chi connectivity index (χ0n) is 13.5. The summed E-state index contributed by atoms with van der Waals surface area (Å²) in [4.78, 5) is 0. The van der Waals surface area contributed by atoms with Crippen molar-refractivity contribution < 1.29 is 4.74 Å². The van der Waals surface area contributed by atoms with Crippen LogP contribution in [0.4, 0.5) is 0 Å². The second kappa shape index (κ2) is 5.99. The fraction of sp³-hybridized carbons (Fsp3) is 0.889. The van der Waals surface area contributed by atoms with Crippen LogP contribution in [0.25, 0.3) is 0 Å². The van der Waals surface area contributed by atoms with E-state index in [0.29, 0.717) is 17.4 Å². The number of hydrogen-bond acceptors (Lipinski definition) is 1. The second-order valence-electron chi connectivity index (χ2n) is 6.93. The Bertz CT molecular complexity index is 333. The van der Waals surface area contributed by atoms with E-state index >= 15 is 0 Å². The van der Waals surface area contributed by atoms with Crippen molar-refractivity contribution in [1.82, 2.24) is 0 Å². The third-order valence-electron chi connectivity index (χ3n) is 6.06. The zero-order chi connectivity index (χ0) is 14.0. The molecule has 0 amide bonds. The Morgan fingerprint density at radius 1 is 1.26 bits per heavy atom. The summed E-state index contributed by atoms with van der Waals surface area (Å²) in [6.07, 6.45) is 9.52. The summed E-state index contributed by atoms with van der Waals surface area (Å²) in [7, 11) is 0. The monoisotopic (exact) mass is 264 g/mol. The van der Waals surface area contributed by atoms with E-state index < -0.39 is 0 Å². The molecule has 0 aromatic rings. The molecule has 0 aromatic heterocycles. The highest BCUT2D eigenvalue weighted by Crippen LogP contribution is 2.54. The molecule has 0 aromatic carbocycles. The number of allylic oxidation sites excluding steroid dienone is 1. The highest BCUT2D eigenvalue weighted by Gasteiger charge is 2.51. The lowest BCUT2D eigenvalue weighted by Gasteiger charge is -2.55. The molecule has 1 saturated heterocycles. The standard InChI is InChI=1S/C18H32O/c1-6-8-9-10-16-17-13(3)11-14(4)18(7-2,12-19-16)15(17)5/h11,13,15-17H,6-10,12H2,1-5H3/t13-,15-,16+,17-,18-/m0/s1. The second-order valence-corrected chi connectivity index (χ2v) is 6.93. The van der Waals surface area contributed by atoms with E-state index in [9.17, 15) is 0 Å². The Hall–Kier alpha value is -0.300. The molecule has 1 heterocycles. The molecule has 2 rings (SSSR count). The maximum Gasteiger partial charge on any atom is 0.0612 e. The first-order valence-corrected chi connectivity index (χ1v) is 8.37. The minimum atomic E-state index is 0.332. The average molecular weight is 264 g/mol. The molecule has 0 unspecified atom stereocenters. The number of unbranched alkanes of at least 4 members (excludes halogenated alkanes) is 2. The molecule has 0 N–H and O–H groups in total. The van der Waals surface area contributed by atoms with E-state index in [1.165, 1.54) is 32.1 Å². The minimum Gasteiger partial charge on any atom is -0.377 e. The van der Waals surface area contributed by atoms with Crippen LogP contribution in [0.15, 0.2) is 11.6 Å². The van der Waals surface area contributed by atoms with Crippen molar-refractivity contribution >= 4 is 0 Å². The van der Waals surface area contributed by atoms with E-state index in [4.69, 9.17) is 4.74 Å². The highest BCUT2D eigenvalue weighted by molar-refractivity contribution is 5.22. The Morgan fingerprint density at radius 2 is 2.00 bits per heavy atom. The van der Waals surface area contributed by atoms with Gasteiger partial charge in [0.15, 0.2) is 0 Å². The van der Waals surface area contributed by atoms with Crippen LogP contribution in [0.2, 0.25) is 0 Å². The summed E-state index contributed by atoms with van der Waals surface area (Å²) >= 11 is 0. The minimum absolute atomic E-state index is 0.332. The Kier molecular flexibility index (Phi) is 4.76. The molecular weight excluding hydrogens is 232 g/mol. The molecule has 1 aliphatic heterocycles. The largest absolute Gasteiger partial charge is 0.377 e. The van der Waals surface area contributed by atoms with E-state index in [1.54, 1.807) is 5.57 Å². The molecule has 1 nitrogen and oxygen atoms in total. The van der Waals surface area contributed by atoms with Crippen molar-refractivity contribution in [3.05, 3.63) is 11.6 Å². The van der Waals surface area contributed by atoms with Crippen molar-refractivity contribution in [3.63, 3.8) is 0 Å². The lowest BCUT2D eigenvalue weighted by molar-refractivity contribution is -0.142. The fourth-order valence-electron chi connectivity index (χ4n) is 4.70. The Morgan fingerprint density at radius 3 is 2.63 bits per heavy atom. The number of rotatable bonds is 5. The van der Waals surface area contributed by atoms with Crippen molar-refractivity contribution in [1.29, 1.82) is 0 Å². The van der Waals surface area contributed by atoms with Crippen molar-refractivity contribution in [3.8, 4) is 0 Å². The van der Waals surface area contributed by atoms with Gasteiger partial charge in [0.05, 0.1) is 12.7 Å². The van der Waals surface area contributed by atoms with E-state index in [0.717, 1.165) is 18.4 Å². The van der Waals surface area contributed by atoms with Gasteiger partial charge in [-0.25, -0.2) is 0 Å². The van der Waals surface area contributed by atoms with Crippen LogP contribution in [0.5, 0.6) is 0 Å². The van der Waals surface area contributed by atoms with Crippen molar-refractivity contribution in [2.24, 2.45) is 23.2 Å². The van der Waals surface area contributed by atoms with Gasteiger partial charge in [-0.05, 0) is 37.5 Å². The van der Waals surface area contributed by atoms with E-state index in [2.05, 4.69) is 40.7 Å². The van der Waals surface area contributed by atoms with E-state index in [-0.39, 0.29) is 0 Å². The van der Waals surface area contributed by atoms with Crippen LogP contribution >= 0.6 is 0 Å². The van der Waals surface area contributed by atoms with Gasteiger partial charge in [-0.3, -0.25) is 0 Å². The molecule has 0 radical (unpaired) electrons. The number of ether oxygens (including phenoxy) is 1. The molecule has 2 bridgehead atoms. The summed E-state index contributed by atoms with van der Waals surface area (Å²) in [5.74, 6) is 2.19. The normalized spacial score (nSPS) is 42.1. The third-order valence-corrected chi connectivity index (χ3v) is 6.06. The van der Waals surface area contributed by atoms with Crippen LogP contribution in [0.3, 0.4) is 0 Å². The molecular formula is C18H32O. The van der Waals surface area contributed by atoms with Gasteiger partial charge in [-0.2, -0.15) is 0 Å². The van der Waals surface area contributed by atoms with Crippen molar-refractivity contribution in [2.45, 2.75) is 72.8 Å². The van der Waals surface area contributed by atoms with Gasteiger partial charge in [0.25, 0.3) is 0 Å². The maximum atomic E-state index is 6.36. The molecule has 110 valence electrons. The number of fused-ring (bicyclic) bond motifs is 2. The lowest BCUT2D eigenvalue weighted by atomic mass is 9.55. The van der Waals surface area contributed by atoms with Crippen LogP contribution in [0.1, 0.15) is 66.7 Å². The Balaban J connectivity index is 2.16. The SMILES string of the molecule is CCCCC[C@H]1OC[C@@]2(CC)C(C)=C[C@H](C)[C@H]1[C@@H]2C.